The van der Waals surface area contributed by atoms with Crippen LogP contribution < -0.4 is 5.32 Å². The van der Waals surface area contributed by atoms with Crippen LogP contribution in [-0.2, 0) is 7.05 Å². The molecule has 0 saturated carbocycles. The third-order valence-corrected chi connectivity index (χ3v) is 3.39. The Labute approximate surface area is 110 Å². The van der Waals surface area contributed by atoms with Crippen LogP contribution in [0.2, 0.25) is 10.0 Å². The van der Waals surface area contributed by atoms with Gasteiger partial charge in [0.15, 0.2) is 0 Å². The molecule has 1 N–H and O–H groups in total. The highest BCUT2D eigenvalue weighted by atomic mass is 35.5. The summed E-state index contributed by atoms with van der Waals surface area (Å²) < 4.78 is 1.97. The Morgan fingerprint density at radius 1 is 1.35 bits per heavy atom. The minimum atomic E-state index is 0.0611. The van der Waals surface area contributed by atoms with Gasteiger partial charge >= 0.3 is 0 Å². The third-order valence-electron chi connectivity index (χ3n) is 2.57. The number of anilines is 1. The second-order valence-electron chi connectivity index (χ2n) is 3.86. The zero-order chi connectivity index (χ0) is 12.4. The van der Waals surface area contributed by atoms with Gasteiger partial charge < -0.3 is 9.88 Å². The van der Waals surface area contributed by atoms with Gasteiger partial charge in [0, 0.05) is 19.4 Å². The molecule has 17 heavy (non-hydrogen) atoms. The number of halogens is 2. The smallest absolute Gasteiger partial charge is 0.130 e. The summed E-state index contributed by atoms with van der Waals surface area (Å²) in [5.74, 6) is 0.945. The van der Waals surface area contributed by atoms with Crippen molar-refractivity contribution in [1.29, 1.82) is 0 Å². The predicted molar refractivity (Wildman–Crippen MR) is 71.7 cm³/mol. The number of aromatic nitrogens is 2. The normalized spacial score (nSPS) is 12.5. The standard InChI is InChI=1S/C12H13Cl2N3/c1-8(12-15-6-7-17(12)2)16-10-5-3-4-9(13)11(10)14/h3-8,16H,1-2H3. The molecule has 0 aliphatic carbocycles. The first-order chi connectivity index (χ1) is 8.09. The monoisotopic (exact) mass is 269 g/mol. The highest BCUT2D eigenvalue weighted by Crippen LogP contribution is 2.31. The van der Waals surface area contributed by atoms with E-state index in [1.165, 1.54) is 0 Å². The van der Waals surface area contributed by atoms with E-state index in [1.807, 2.05) is 36.9 Å². The Bertz CT molecular complexity index is 522. The Kier molecular flexibility index (Phi) is 3.60. The molecular weight excluding hydrogens is 257 g/mol. The van der Waals surface area contributed by atoms with Crippen LogP contribution >= 0.6 is 23.2 Å². The topological polar surface area (TPSA) is 29.9 Å². The van der Waals surface area contributed by atoms with Crippen molar-refractivity contribution >= 4 is 28.9 Å². The number of aryl methyl sites for hydroxylation is 1. The molecule has 2 aromatic rings. The van der Waals surface area contributed by atoms with Gasteiger partial charge in [0.05, 0.1) is 21.8 Å². The van der Waals surface area contributed by atoms with Gasteiger partial charge in [-0.1, -0.05) is 29.3 Å². The maximum atomic E-state index is 6.12. The van der Waals surface area contributed by atoms with Crippen LogP contribution in [0.3, 0.4) is 0 Å². The molecule has 1 aromatic carbocycles. The fourth-order valence-electron chi connectivity index (χ4n) is 1.71. The maximum Gasteiger partial charge on any atom is 0.130 e. The minimum Gasteiger partial charge on any atom is -0.374 e. The zero-order valence-electron chi connectivity index (χ0n) is 9.61. The van der Waals surface area contributed by atoms with Crippen molar-refractivity contribution in [3.8, 4) is 0 Å². The Hall–Kier alpha value is -1.19. The van der Waals surface area contributed by atoms with Crippen LogP contribution in [0.5, 0.6) is 0 Å². The molecule has 2 rings (SSSR count). The van der Waals surface area contributed by atoms with Gasteiger partial charge in [-0.3, -0.25) is 0 Å². The lowest BCUT2D eigenvalue weighted by atomic mass is 10.2. The van der Waals surface area contributed by atoms with Crippen molar-refractivity contribution in [3.05, 3.63) is 46.5 Å². The second-order valence-corrected chi connectivity index (χ2v) is 4.65. The first-order valence-corrected chi connectivity index (χ1v) is 6.03. The molecule has 3 nitrogen and oxygen atoms in total. The zero-order valence-corrected chi connectivity index (χ0v) is 11.1. The number of hydrogen-bond donors (Lipinski definition) is 1. The molecule has 1 aromatic heterocycles. The van der Waals surface area contributed by atoms with Crippen LogP contribution in [0.1, 0.15) is 18.8 Å². The summed E-state index contributed by atoms with van der Waals surface area (Å²) in [7, 11) is 1.96. The van der Waals surface area contributed by atoms with Crippen molar-refractivity contribution in [2.75, 3.05) is 5.32 Å². The van der Waals surface area contributed by atoms with Crippen LogP contribution in [0, 0.1) is 0 Å². The second kappa shape index (κ2) is 4.98. The molecule has 0 aliphatic heterocycles. The van der Waals surface area contributed by atoms with Gasteiger partial charge in [0.2, 0.25) is 0 Å². The number of nitrogens with one attached hydrogen (secondary N) is 1. The van der Waals surface area contributed by atoms with Crippen molar-refractivity contribution < 1.29 is 0 Å². The van der Waals surface area contributed by atoms with Crippen LogP contribution in [0.25, 0.3) is 0 Å². The fourth-order valence-corrected chi connectivity index (χ4v) is 2.06. The molecule has 0 amide bonds. The fraction of sp³-hybridized carbons (Fsp3) is 0.250. The number of hydrogen-bond acceptors (Lipinski definition) is 2. The van der Waals surface area contributed by atoms with E-state index in [-0.39, 0.29) is 6.04 Å². The first-order valence-electron chi connectivity index (χ1n) is 5.27. The molecule has 0 saturated heterocycles. The van der Waals surface area contributed by atoms with Gasteiger partial charge in [-0.25, -0.2) is 4.98 Å². The van der Waals surface area contributed by atoms with E-state index in [1.54, 1.807) is 12.3 Å². The molecule has 1 heterocycles. The largest absolute Gasteiger partial charge is 0.374 e. The van der Waals surface area contributed by atoms with Crippen molar-refractivity contribution in [3.63, 3.8) is 0 Å². The van der Waals surface area contributed by atoms with E-state index in [4.69, 9.17) is 23.2 Å². The van der Waals surface area contributed by atoms with Crippen LogP contribution in [-0.4, -0.2) is 9.55 Å². The highest BCUT2D eigenvalue weighted by Gasteiger charge is 2.12. The van der Waals surface area contributed by atoms with Crippen molar-refractivity contribution in [1.82, 2.24) is 9.55 Å². The molecule has 0 radical (unpaired) electrons. The number of benzene rings is 1. The highest BCUT2D eigenvalue weighted by molar-refractivity contribution is 6.43. The number of imidazole rings is 1. The maximum absolute atomic E-state index is 6.12. The van der Waals surface area contributed by atoms with E-state index >= 15 is 0 Å². The third kappa shape index (κ3) is 2.56. The van der Waals surface area contributed by atoms with Gasteiger partial charge in [-0.15, -0.1) is 0 Å². The molecule has 1 unspecified atom stereocenters. The summed E-state index contributed by atoms with van der Waals surface area (Å²) in [5.41, 5.74) is 0.815. The molecule has 0 bridgehead atoms. The lowest BCUT2D eigenvalue weighted by molar-refractivity contribution is 0.722. The number of nitrogens with zero attached hydrogens (tertiary/aromatic N) is 2. The SMILES string of the molecule is CC(Nc1cccc(Cl)c1Cl)c1nccn1C. The van der Waals surface area contributed by atoms with Crippen LogP contribution in [0.15, 0.2) is 30.6 Å². The van der Waals surface area contributed by atoms with E-state index in [0.717, 1.165) is 11.5 Å². The van der Waals surface area contributed by atoms with Gasteiger partial charge in [0.1, 0.15) is 5.82 Å². The summed E-state index contributed by atoms with van der Waals surface area (Å²) in [5, 5.41) is 4.38. The average Bonchev–Trinajstić information content (AvgIpc) is 2.71. The summed E-state index contributed by atoms with van der Waals surface area (Å²) in [6, 6.07) is 5.58. The van der Waals surface area contributed by atoms with Gasteiger partial charge in [-0.2, -0.15) is 0 Å². The van der Waals surface area contributed by atoms with E-state index < -0.39 is 0 Å². The lowest BCUT2D eigenvalue weighted by Gasteiger charge is -2.16. The minimum absolute atomic E-state index is 0.0611. The Morgan fingerprint density at radius 3 is 2.76 bits per heavy atom. The lowest BCUT2D eigenvalue weighted by Crippen LogP contribution is -2.12. The molecule has 5 heteroatoms. The molecule has 90 valence electrons. The predicted octanol–water partition coefficient (Wildman–Crippen LogP) is 3.90. The quantitative estimate of drug-likeness (QED) is 0.916. The first kappa shape index (κ1) is 12.3. The van der Waals surface area contributed by atoms with Gasteiger partial charge in [0.25, 0.3) is 0 Å². The van der Waals surface area contributed by atoms with E-state index in [0.29, 0.717) is 10.0 Å². The molecule has 0 spiro atoms. The van der Waals surface area contributed by atoms with Gasteiger partial charge in [-0.05, 0) is 19.1 Å². The summed E-state index contributed by atoms with van der Waals surface area (Å²) in [6.45, 7) is 2.03. The molecule has 0 aliphatic rings. The average molecular weight is 270 g/mol. The summed E-state index contributed by atoms with van der Waals surface area (Å²) in [4.78, 5) is 4.29. The summed E-state index contributed by atoms with van der Waals surface area (Å²) >= 11 is 12.1. The van der Waals surface area contributed by atoms with Crippen molar-refractivity contribution in [2.45, 2.75) is 13.0 Å². The molecule has 0 fully saturated rings. The molecule has 1 atom stereocenters. The number of rotatable bonds is 3. The van der Waals surface area contributed by atoms with E-state index in [9.17, 15) is 0 Å². The van der Waals surface area contributed by atoms with Crippen molar-refractivity contribution in [2.24, 2.45) is 7.05 Å². The molecular formula is C12H13Cl2N3. The van der Waals surface area contributed by atoms with E-state index in [2.05, 4.69) is 10.3 Å². The Balaban J connectivity index is 2.22. The Morgan fingerprint density at radius 2 is 2.12 bits per heavy atom. The van der Waals surface area contributed by atoms with Crippen LogP contribution in [0.4, 0.5) is 5.69 Å². The summed E-state index contributed by atoms with van der Waals surface area (Å²) in [6.07, 6.45) is 3.68.